The van der Waals surface area contributed by atoms with Crippen molar-refractivity contribution in [3.63, 3.8) is 0 Å². The number of aromatic nitrogens is 1. The summed E-state index contributed by atoms with van der Waals surface area (Å²) in [7, 11) is 0. The maximum atomic E-state index is 5.97. The van der Waals surface area contributed by atoms with Gasteiger partial charge in [-0.2, -0.15) is 0 Å². The van der Waals surface area contributed by atoms with Crippen molar-refractivity contribution in [1.82, 2.24) is 5.16 Å². The quantitative estimate of drug-likeness (QED) is 0.676. The molecule has 0 spiro atoms. The Balaban J connectivity index is 0.000000170. The van der Waals surface area contributed by atoms with Crippen molar-refractivity contribution in [1.29, 1.82) is 0 Å². The Labute approximate surface area is 122 Å². The molecule has 2 N–H and O–H groups in total. The Morgan fingerprint density at radius 2 is 1.75 bits per heavy atom. The topological polar surface area (TPSA) is 52.0 Å². The molecule has 0 saturated carbocycles. The Hall–Kier alpha value is -2.07. The van der Waals surface area contributed by atoms with Gasteiger partial charge in [0.05, 0.1) is 16.8 Å². The van der Waals surface area contributed by atoms with Crippen LogP contribution in [0.15, 0.2) is 47.1 Å². The van der Waals surface area contributed by atoms with E-state index in [1.807, 2.05) is 36.4 Å². The monoisotopic (exact) mass is 284 g/mol. The third-order valence-corrected chi connectivity index (χ3v) is 4.40. The number of benzene rings is 1. The first-order chi connectivity index (χ1) is 9.77. The second kappa shape index (κ2) is 5.51. The summed E-state index contributed by atoms with van der Waals surface area (Å²) in [6.07, 6.45) is 3.87. The summed E-state index contributed by atoms with van der Waals surface area (Å²) in [6, 6.07) is 12.0. The molecule has 3 nitrogen and oxygen atoms in total. The molecule has 0 aliphatic heterocycles. The van der Waals surface area contributed by atoms with Gasteiger partial charge < -0.3 is 10.3 Å². The van der Waals surface area contributed by atoms with Gasteiger partial charge in [0.2, 0.25) is 0 Å². The van der Waals surface area contributed by atoms with E-state index in [-0.39, 0.29) is 0 Å². The van der Waals surface area contributed by atoms with Gasteiger partial charge in [0.15, 0.2) is 5.76 Å². The standard InChI is InChI=1S/C10H10N2OS.C6H6/c1-5-7-3-2-6-4-12-13-9(6)8(7)10(11)14-5;1-2-4-6-5-3-1/h4H,2-3,11H2,1H3;1-6H. The van der Waals surface area contributed by atoms with Crippen LogP contribution in [0.1, 0.15) is 16.0 Å². The molecule has 0 unspecified atom stereocenters. The van der Waals surface area contributed by atoms with Crippen molar-refractivity contribution in [2.45, 2.75) is 19.8 Å². The summed E-state index contributed by atoms with van der Waals surface area (Å²) < 4.78 is 5.25. The minimum Gasteiger partial charge on any atom is -0.390 e. The van der Waals surface area contributed by atoms with Gasteiger partial charge in [-0.15, -0.1) is 11.3 Å². The first kappa shape index (κ1) is 12.9. The SMILES string of the molecule is Cc1sc(N)c2c1CCc1cnoc1-2.c1ccccc1. The largest absolute Gasteiger partial charge is 0.390 e. The van der Waals surface area contributed by atoms with Crippen LogP contribution in [0.2, 0.25) is 0 Å². The lowest BCUT2D eigenvalue weighted by Crippen LogP contribution is -2.01. The second-order valence-corrected chi connectivity index (χ2v) is 5.97. The Morgan fingerprint density at radius 1 is 1.10 bits per heavy atom. The minimum atomic E-state index is 0.857. The van der Waals surface area contributed by atoms with E-state index in [4.69, 9.17) is 10.3 Å². The van der Waals surface area contributed by atoms with E-state index in [9.17, 15) is 0 Å². The lowest BCUT2D eigenvalue weighted by molar-refractivity contribution is 0.431. The molecule has 102 valence electrons. The molecule has 0 fully saturated rings. The average Bonchev–Trinajstić information content (AvgIpc) is 3.06. The van der Waals surface area contributed by atoms with Crippen molar-refractivity contribution in [2.24, 2.45) is 0 Å². The van der Waals surface area contributed by atoms with Gasteiger partial charge in [-0.3, -0.25) is 0 Å². The highest BCUT2D eigenvalue weighted by molar-refractivity contribution is 7.16. The Kier molecular flexibility index (Phi) is 3.56. The molecule has 0 atom stereocenters. The zero-order valence-corrected chi connectivity index (χ0v) is 12.1. The smallest absolute Gasteiger partial charge is 0.173 e. The maximum Gasteiger partial charge on any atom is 0.173 e. The lowest BCUT2D eigenvalue weighted by Gasteiger charge is -2.10. The van der Waals surface area contributed by atoms with Crippen molar-refractivity contribution >= 4 is 16.3 Å². The molecule has 20 heavy (non-hydrogen) atoms. The summed E-state index contributed by atoms with van der Waals surface area (Å²) in [4.78, 5) is 1.31. The van der Waals surface area contributed by atoms with Crippen LogP contribution in [0.25, 0.3) is 11.3 Å². The van der Waals surface area contributed by atoms with Gasteiger partial charge in [-0.25, -0.2) is 0 Å². The van der Waals surface area contributed by atoms with Gasteiger partial charge in [0, 0.05) is 10.4 Å². The molecule has 4 rings (SSSR count). The maximum absolute atomic E-state index is 5.97. The van der Waals surface area contributed by atoms with E-state index in [0.717, 1.165) is 29.2 Å². The number of hydrogen-bond donors (Lipinski definition) is 1. The fraction of sp³-hybridized carbons (Fsp3) is 0.188. The summed E-state index contributed by atoms with van der Waals surface area (Å²) in [5, 5.41) is 4.68. The molecule has 0 radical (unpaired) electrons. The summed E-state index contributed by atoms with van der Waals surface area (Å²) >= 11 is 1.64. The van der Waals surface area contributed by atoms with E-state index in [2.05, 4.69) is 12.1 Å². The van der Waals surface area contributed by atoms with Crippen LogP contribution in [0, 0.1) is 6.92 Å². The third kappa shape index (κ3) is 2.34. The second-order valence-electron chi connectivity index (χ2n) is 4.71. The summed E-state index contributed by atoms with van der Waals surface area (Å²) in [6.45, 7) is 2.11. The fourth-order valence-corrected chi connectivity index (χ4v) is 3.42. The molecular formula is C16H16N2OS. The number of nitrogens with zero attached hydrogens (tertiary/aromatic N) is 1. The number of nitrogens with two attached hydrogens (primary N) is 1. The van der Waals surface area contributed by atoms with E-state index >= 15 is 0 Å². The average molecular weight is 284 g/mol. The molecule has 4 heteroatoms. The number of hydrogen-bond acceptors (Lipinski definition) is 4. The highest BCUT2D eigenvalue weighted by Crippen LogP contribution is 2.43. The molecule has 0 bridgehead atoms. The van der Waals surface area contributed by atoms with Gasteiger partial charge in [0.25, 0.3) is 0 Å². The van der Waals surface area contributed by atoms with Gasteiger partial charge >= 0.3 is 0 Å². The lowest BCUT2D eigenvalue weighted by atomic mass is 9.93. The normalized spacial score (nSPS) is 12.1. The number of rotatable bonds is 0. The number of anilines is 1. The van der Waals surface area contributed by atoms with Crippen LogP contribution in [-0.2, 0) is 12.8 Å². The number of aryl methyl sites for hydroxylation is 2. The molecule has 1 aliphatic rings. The van der Waals surface area contributed by atoms with Gasteiger partial charge in [-0.05, 0) is 25.3 Å². The van der Waals surface area contributed by atoms with Crippen molar-refractivity contribution < 1.29 is 4.52 Å². The van der Waals surface area contributed by atoms with Crippen LogP contribution in [0.4, 0.5) is 5.00 Å². The molecule has 0 saturated heterocycles. The molecule has 2 heterocycles. The summed E-state index contributed by atoms with van der Waals surface area (Å²) in [5.41, 5.74) is 9.58. The Bertz CT molecular complexity index is 674. The third-order valence-electron chi connectivity index (χ3n) is 3.42. The molecular weight excluding hydrogens is 268 g/mol. The van der Waals surface area contributed by atoms with Crippen LogP contribution in [-0.4, -0.2) is 5.16 Å². The number of fused-ring (bicyclic) bond motifs is 3. The van der Waals surface area contributed by atoms with E-state index in [1.54, 1.807) is 17.5 Å². The zero-order valence-electron chi connectivity index (χ0n) is 11.3. The van der Waals surface area contributed by atoms with Crippen LogP contribution in [0.3, 0.4) is 0 Å². The predicted molar refractivity (Wildman–Crippen MR) is 82.8 cm³/mol. The van der Waals surface area contributed by atoms with Crippen molar-refractivity contribution in [3.05, 3.63) is 58.6 Å². The van der Waals surface area contributed by atoms with Crippen LogP contribution in [0.5, 0.6) is 0 Å². The van der Waals surface area contributed by atoms with E-state index in [1.165, 1.54) is 16.0 Å². The Morgan fingerprint density at radius 3 is 2.40 bits per heavy atom. The minimum absolute atomic E-state index is 0.857. The van der Waals surface area contributed by atoms with E-state index in [0.29, 0.717) is 0 Å². The first-order valence-electron chi connectivity index (χ1n) is 6.59. The van der Waals surface area contributed by atoms with Gasteiger partial charge in [-0.1, -0.05) is 41.6 Å². The molecule has 1 aromatic carbocycles. The number of thiophene rings is 1. The molecule has 1 aliphatic carbocycles. The number of nitrogen functional groups attached to an aromatic ring is 1. The molecule has 0 amide bonds. The van der Waals surface area contributed by atoms with Crippen LogP contribution >= 0.6 is 11.3 Å². The summed E-state index contributed by atoms with van der Waals surface area (Å²) in [5.74, 6) is 0.883. The van der Waals surface area contributed by atoms with Gasteiger partial charge in [0.1, 0.15) is 0 Å². The fourth-order valence-electron chi connectivity index (χ4n) is 2.44. The molecule has 3 aromatic rings. The highest BCUT2D eigenvalue weighted by Gasteiger charge is 2.25. The highest BCUT2D eigenvalue weighted by atomic mass is 32.1. The van der Waals surface area contributed by atoms with Crippen molar-refractivity contribution in [2.75, 3.05) is 5.73 Å². The first-order valence-corrected chi connectivity index (χ1v) is 7.40. The predicted octanol–water partition coefficient (Wildman–Crippen LogP) is 4.08. The van der Waals surface area contributed by atoms with E-state index < -0.39 is 0 Å². The van der Waals surface area contributed by atoms with Crippen molar-refractivity contribution in [3.8, 4) is 11.3 Å². The zero-order chi connectivity index (χ0) is 13.9. The van der Waals surface area contributed by atoms with Crippen LogP contribution < -0.4 is 5.73 Å². The molecule has 2 aromatic heterocycles.